The van der Waals surface area contributed by atoms with Gasteiger partial charge < -0.3 is 10.4 Å². The maximum absolute atomic E-state index is 10.8. The van der Waals surface area contributed by atoms with Crippen molar-refractivity contribution in [1.29, 1.82) is 0 Å². The van der Waals surface area contributed by atoms with Crippen LogP contribution in [0, 0.1) is 5.92 Å². The van der Waals surface area contributed by atoms with Gasteiger partial charge in [-0.1, -0.05) is 13.8 Å². The van der Waals surface area contributed by atoms with Gasteiger partial charge in [-0.15, -0.1) is 0 Å². The van der Waals surface area contributed by atoms with Crippen LogP contribution >= 0.6 is 0 Å². The number of aliphatic carboxylic acids is 1. The lowest BCUT2D eigenvalue weighted by Crippen LogP contribution is -2.50. The van der Waals surface area contributed by atoms with Gasteiger partial charge >= 0.3 is 5.97 Å². The Morgan fingerprint density at radius 3 is 2.57 bits per heavy atom. The molecule has 4 nitrogen and oxygen atoms in total. The summed E-state index contributed by atoms with van der Waals surface area (Å²) in [6.45, 7) is 7.77. The lowest BCUT2D eigenvalue weighted by molar-refractivity contribution is -0.142. The van der Waals surface area contributed by atoms with Crippen molar-refractivity contribution < 1.29 is 9.90 Å². The van der Waals surface area contributed by atoms with Crippen molar-refractivity contribution in [3.8, 4) is 0 Å². The first-order valence-corrected chi connectivity index (χ1v) is 5.36. The van der Waals surface area contributed by atoms with Crippen molar-refractivity contribution >= 4 is 5.97 Å². The number of rotatable bonds is 4. The molecular formula is C10H20N2O2. The van der Waals surface area contributed by atoms with Gasteiger partial charge in [-0.2, -0.15) is 0 Å². The summed E-state index contributed by atoms with van der Waals surface area (Å²) in [6, 6.07) is 0.389. The minimum absolute atomic E-state index is 0.214. The van der Waals surface area contributed by atoms with Gasteiger partial charge in [-0.25, -0.2) is 0 Å². The molecule has 0 aromatic heterocycles. The third-order valence-corrected chi connectivity index (χ3v) is 3.01. The van der Waals surface area contributed by atoms with Gasteiger partial charge in [0.1, 0.15) is 0 Å². The van der Waals surface area contributed by atoms with Crippen LogP contribution in [0.3, 0.4) is 0 Å². The zero-order chi connectivity index (χ0) is 10.6. The fourth-order valence-corrected chi connectivity index (χ4v) is 2.13. The zero-order valence-electron chi connectivity index (χ0n) is 8.99. The average molecular weight is 200 g/mol. The lowest BCUT2D eigenvalue weighted by atomic mass is 9.95. The van der Waals surface area contributed by atoms with Gasteiger partial charge in [-0.05, 0) is 19.5 Å². The molecule has 2 atom stereocenters. The normalized spacial score (nSPS) is 27.9. The number of carboxylic acid groups (broad SMARTS) is 1. The SMILES string of the molecule is CCN(CC)[C@H]1CNC[C@H](C(=O)O)C1. The number of carbonyl (C=O) groups is 1. The van der Waals surface area contributed by atoms with E-state index in [0.717, 1.165) is 26.1 Å². The van der Waals surface area contributed by atoms with Crippen LogP contribution < -0.4 is 5.32 Å². The van der Waals surface area contributed by atoms with E-state index in [1.54, 1.807) is 0 Å². The molecule has 1 heterocycles. The Morgan fingerprint density at radius 2 is 2.07 bits per heavy atom. The van der Waals surface area contributed by atoms with Crippen molar-refractivity contribution in [3.05, 3.63) is 0 Å². The predicted octanol–water partition coefficient (Wildman–Crippen LogP) is 0.391. The highest BCUT2D eigenvalue weighted by Crippen LogP contribution is 2.15. The Balaban J connectivity index is 2.50. The van der Waals surface area contributed by atoms with Crippen LogP contribution in [0.2, 0.25) is 0 Å². The van der Waals surface area contributed by atoms with E-state index < -0.39 is 5.97 Å². The van der Waals surface area contributed by atoms with Gasteiger partial charge in [0, 0.05) is 19.1 Å². The minimum Gasteiger partial charge on any atom is -0.481 e. The monoisotopic (exact) mass is 200 g/mol. The summed E-state index contributed by atoms with van der Waals surface area (Å²) < 4.78 is 0. The van der Waals surface area contributed by atoms with Crippen LogP contribution in [-0.2, 0) is 4.79 Å². The van der Waals surface area contributed by atoms with Crippen molar-refractivity contribution in [2.24, 2.45) is 5.92 Å². The highest BCUT2D eigenvalue weighted by Gasteiger charge is 2.28. The number of piperidine rings is 1. The molecule has 0 spiro atoms. The van der Waals surface area contributed by atoms with E-state index in [2.05, 4.69) is 24.1 Å². The van der Waals surface area contributed by atoms with Crippen LogP contribution in [0.5, 0.6) is 0 Å². The maximum Gasteiger partial charge on any atom is 0.307 e. The van der Waals surface area contributed by atoms with Gasteiger partial charge in [0.2, 0.25) is 0 Å². The second-order valence-corrected chi connectivity index (χ2v) is 3.80. The summed E-state index contributed by atoms with van der Waals surface area (Å²) in [7, 11) is 0. The fraction of sp³-hybridized carbons (Fsp3) is 0.900. The van der Waals surface area contributed by atoms with Crippen molar-refractivity contribution in [1.82, 2.24) is 10.2 Å². The standard InChI is InChI=1S/C10H20N2O2/c1-3-12(4-2)9-5-8(10(13)14)6-11-7-9/h8-9,11H,3-7H2,1-2H3,(H,13,14)/t8-,9-/m1/s1. The molecule has 1 aliphatic heterocycles. The molecule has 4 heteroatoms. The molecule has 0 aliphatic carbocycles. The first-order chi connectivity index (χ1) is 6.69. The zero-order valence-corrected chi connectivity index (χ0v) is 8.99. The smallest absolute Gasteiger partial charge is 0.307 e. The van der Waals surface area contributed by atoms with E-state index in [0.29, 0.717) is 12.6 Å². The summed E-state index contributed by atoms with van der Waals surface area (Å²) in [6.07, 6.45) is 0.782. The fourth-order valence-electron chi connectivity index (χ4n) is 2.13. The molecule has 1 rings (SSSR count). The number of nitrogens with zero attached hydrogens (tertiary/aromatic N) is 1. The van der Waals surface area contributed by atoms with Gasteiger partial charge in [0.05, 0.1) is 5.92 Å². The summed E-state index contributed by atoms with van der Waals surface area (Å²) in [5.41, 5.74) is 0. The Morgan fingerprint density at radius 1 is 1.43 bits per heavy atom. The lowest BCUT2D eigenvalue weighted by Gasteiger charge is -2.35. The van der Waals surface area contributed by atoms with E-state index >= 15 is 0 Å². The maximum atomic E-state index is 10.8. The number of likely N-dealkylation sites (N-methyl/N-ethyl adjacent to an activating group) is 1. The van der Waals surface area contributed by atoms with E-state index in [9.17, 15) is 4.79 Å². The number of carboxylic acids is 1. The van der Waals surface area contributed by atoms with E-state index in [4.69, 9.17) is 5.11 Å². The summed E-state index contributed by atoms with van der Waals surface area (Å²) in [4.78, 5) is 13.2. The Labute approximate surface area is 85.3 Å². The van der Waals surface area contributed by atoms with Crippen LogP contribution in [-0.4, -0.2) is 48.2 Å². The first-order valence-electron chi connectivity index (χ1n) is 5.36. The molecule has 82 valence electrons. The van der Waals surface area contributed by atoms with E-state index in [1.165, 1.54) is 0 Å². The molecule has 0 radical (unpaired) electrons. The molecular weight excluding hydrogens is 180 g/mol. The summed E-state index contributed by atoms with van der Waals surface area (Å²) in [5.74, 6) is -0.885. The van der Waals surface area contributed by atoms with Crippen molar-refractivity contribution in [2.45, 2.75) is 26.3 Å². The Bertz CT molecular complexity index is 193. The third kappa shape index (κ3) is 2.69. The van der Waals surface area contributed by atoms with Crippen LogP contribution in [0.25, 0.3) is 0 Å². The molecule has 0 aromatic rings. The van der Waals surface area contributed by atoms with Crippen molar-refractivity contribution in [2.75, 3.05) is 26.2 Å². The second kappa shape index (κ2) is 5.32. The Hall–Kier alpha value is -0.610. The average Bonchev–Trinajstić information content (AvgIpc) is 2.20. The largest absolute Gasteiger partial charge is 0.481 e. The highest BCUT2D eigenvalue weighted by atomic mass is 16.4. The topological polar surface area (TPSA) is 52.6 Å². The molecule has 1 aliphatic rings. The summed E-state index contributed by atoms with van der Waals surface area (Å²) >= 11 is 0. The molecule has 0 saturated carbocycles. The molecule has 2 N–H and O–H groups in total. The third-order valence-electron chi connectivity index (χ3n) is 3.01. The van der Waals surface area contributed by atoms with Crippen LogP contribution in [0.15, 0.2) is 0 Å². The Kier molecular flexibility index (Phi) is 4.35. The quantitative estimate of drug-likeness (QED) is 0.689. The molecule has 14 heavy (non-hydrogen) atoms. The molecule has 0 bridgehead atoms. The van der Waals surface area contributed by atoms with Gasteiger partial charge in [0.25, 0.3) is 0 Å². The van der Waals surface area contributed by atoms with E-state index in [-0.39, 0.29) is 5.92 Å². The molecule has 1 saturated heterocycles. The highest BCUT2D eigenvalue weighted by molar-refractivity contribution is 5.70. The second-order valence-electron chi connectivity index (χ2n) is 3.80. The predicted molar refractivity (Wildman–Crippen MR) is 55.3 cm³/mol. The van der Waals surface area contributed by atoms with Crippen molar-refractivity contribution in [3.63, 3.8) is 0 Å². The minimum atomic E-state index is -0.672. The van der Waals surface area contributed by atoms with Gasteiger partial charge in [-0.3, -0.25) is 9.69 Å². The number of hydrogen-bond donors (Lipinski definition) is 2. The number of hydrogen-bond acceptors (Lipinski definition) is 3. The van der Waals surface area contributed by atoms with E-state index in [1.807, 2.05) is 0 Å². The molecule has 0 aromatic carbocycles. The van der Waals surface area contributed by atoms with Crippen LogP contribution in [0.1, 0.15) is 20.3 Å². The molecule has 0 unspecified atom stereocenters. The first kappa shape index (κ1) is 11.5. The molecule has 0 amide bonds. The molecule has 1 fully saturated rings. The summed E-state index contributed by atoms with van der Waals surface area (Å²) in [5, 5.41) is 12.1. The van der Waals surface area contributed by atoms with Crippen LogP contribution in [0.4, 0.5) is 0 Å². The number of nitrogens with one attached hydrogen (secondary N) is 1. The van der Waals surface area contributed by atoms with Gasteiger partial charge in [0.15, 0.2) is 0 Å².